The summed E-state index contributed by atoms with van der Waals surface area (Å²) in [6.45, 7) is 5.53. The molecule has 4 nitrogen and oxygen atoms in total. The Kier molecular flexibility index (Phi) is 3.43. The van der Waals surface area contributed by atoms with Crippen LogP contribution in [0.15, 0.2) is 6.20 Å². The van der Waals surface area contributed by atoms with Gasteiger partial charge in [-0.25, -0.2) is 0 Å². The van der Waals surface area contributed by atoms with E-state index >= 15 is 0 Å². The number of rotatable bonds is 4. The molecule has 0 aromatic carbocycles. The molecule has 1 aliphatic heterocycles. The van der Waals surface area contributed by atoms with Crippen LogP contribution in [-0.2, 0) is 11.2 Å². The number of hydrogen-bond donors (Lipinski definition) is 1. The Balaban J connectivity index is 2.18. The Morgan fingerprint density at radius 3 is 2.76 bits per heavy atom. The van der Waals surface area contributed by atoms with Gasteiger partial charge in [-0.1, -0.05) is 0 Å². The number of nitrogens with zero attached hydrogens (tertiary/aromatic N) is 1. The first kappa shape index (κ1) is 12.0. The molecule has 0 atom stereocenters. The smallest absolute Gasteiger partial charge is 0.144 e. The number of hydrogen-bond acceptors (Lipinski definition) is 4. The molecular formula is C13H18N2O2. The summed E-state index contributed by atoms with van der Waals surface area (Å²) in [5, 5.41) is 3.11. The first-order valence-corrected chi connectivity index (χ1v) is 5.86. The van der Waals surface area contributed by atoms with Gasteiger partial charge >= 0.3 is 0 Å². The Morgan fingerprint density at radius 2 is 2.24 bits per heavy atom. The first-order chi connectivity index (χ1) is 8.13. The Morgan fingerprint density at radius 1 is 1.53 bits per heavy atom. The second kappa shape index (κ2) is 4.84. The van der Waals surface area contributed by atoms with Crippen molar-refractivity contribution in [3.8, 4) is 5.75 Å². The molecule has 92 valence electrons. The quantitative estimate of drug-likeness (QED) is 0.845. The lowest BCUT2D eigenvalue weighted by Crippen LogP contribution is -2.47. The molecule has 1 aliphatic rings. The second-order valence-corrected chi connectivity index (χ2v) is 4.54. The van der Waals surface area contributed by atoms with Crippen molar-refractivity contribution in [2.24, 2.45) is 5.92 Å². The largest absolute Gasteiger partial charge is 0.496 e. The third-order valence-corrected chi connectivity index (χ3v) is 3.33. The van der Waals surface area contributed by atoms with Crippen LogP contribution in [0.5, 0.6) is 5.75 Å². The molecular weight excluding hydrogens is 216 g/mol. The van der Waals surface area contributed by atoms with Gasteiger partial charge in [0.15, 0.2) is 0 Å². The molecule has 0 spiro atoms. The molecule has 0 saturated carbocycles. The Hall–Kier alpha value is -1.42. The second-order valence-electron chi connectivity index (χ2n) is 4.54. The lowest BCUT2D eigenvalue weighted by atomic mass is 9.93. The molecule has 2 rings (SSSR count). The van der Waals surface area contributed by atoms with Crippen molar-refractivity contribution < 1.29 is 9.53 Å². The lowest BCUT2D eigenvalue weighted by Gasteiger charge is -2.25. The zero-order chi connectivity index (χ0) is 12.4. The van der Waals surface area contributed by atoms with Crippen LogP contribution in [-0.4, -0.2) is 31.0 Å². The number of aryl methyl sites for hydroxylation is 1. The fourth-order valence-electron chi connectivity index (χ4n) is 2.08. The monoisotopic (exact) mass is 234 g/mol. The van der Waals surface area contributed by atoms with Crippen molar-refractivity contribution in [2.75, 3.05) is 20.2 Å². The number of carbonyl (C=O) groups is 1. The molecule has 1 fully saturated rings. The number of aromatic nitrogens is 1. The van der Waals surface area contributed by atoms with Gasteiger partial charge in [0.05, 0.1) is 12.8 Å². The SMILES string of the molecule is COc1c(C)cnc(CC(=O)C2CNC2)c1C. The number of nitrogens with one attached hydrogen (secondary N) is 1. The third kappa shape index (κ3) is 2.31. The van der Waals surface area contributed by atoms with E-state index in [0.29, 0.717) is 6.42 Å². The summed E-state index contributed by atoms with van der Waals surface area (Å²) in [6.07, 6.45) is 2.18. The minimum absolute atomic E-state index is 0.170. The van der Waals surface area contributed by atoms with Gasteiger partial charge in [0.2, 0.25) is 0 Å². The van der Waals surface area contributed by atoms with Gasteiger partial charge in [0, 0.05) is 42.8 Å². The average molecular weight is 234 g/mol. The summed E-state index contributed by atoms with van der Waals surface area (Å²) in [4.78, 5) is 16.3. The summed E-state index contributed by atoms with van der Waals surface area (Å²) in [6, 6.07) is 0. The van der Waals surface area contributed by atoms with Gasteiger partial charge < -0.3 is 10.1 Å². The van der Waals surface area contributed by atoms with Crippen LogP contribution in [0.3, 0.4) is 0 Å². The standard InChI is InChI=1S/C13H18N2O2/c1-8-5-15-11(9(2)13(8)17-3)4-12(16)10-6-14-7-10/h5,10,14H,4,6-7H2,1-3H3. The first-order valence-electron chi connectivity index (χ1n) is 5.86. The Labute approximate surface area is 101 Å². The average Bonchev–Trinajstić information content (AvgIpc) is 2.20. The highest BCUT2D eigenvalue weighted by Crippen LogP contribution is 2.24. The van der Waals surface area contributed by atoms with Gasteiger partial charge in [-0.05, 0) is 13.8 Å². The van der Waals surface area contributed by atoms with Crippen LogP contribution < -0.4 is 10.1 Å². The highest BCUT2D eigenvalue weighted by Gasteiger charge is 2.25. The zero-order valence-electron chi connectivity index (χ0n) is 10.5. The van der Waals surface area contributed by atoms with Crippen LogP contribution in [0.25, 0.3) is 0 Å². The summed E-state index contributed by atoms with van der Waals surface area (Å²) in [5.74, 6) is 1.28. The molecule has 17 heavy (non-hydrogen) atoms. The van der Waals surface area contributed by atoms with E-state index in [1.54, 1.807) is 13.3 Å². The minimum Gasteiger partial charge on any atom is -0.496 e. The summed E-state index contributed by atoms with van der Waals surface area (Å²) < 4.78 is 5.34. The van der Waals surface area contributed by atoms with Crippen molar-refractivity contribution in [1.29, 1.82) is 0 Å². The normalized spacial score (nSPS) is 15.5. The molecule has 1 saturated heterocycles. The van der Waals surface area contributed by atoms with E-state index < -0.39 is 0 Å². The van der Waals surface area contributed by atoms with E-state index in [9.17, 15) is 4.79 Å². The number of methoxy groups -OCH3 is 1. The van der Waals surface area contributed by atoms with E-state index in [1.165, 1.54) is 0 Å². The molecule has 2 heterocycles. The number of pyridine rings is 1. The molecule has 1 aromatic heterocycles. The maximum absolute atomic E-state index is 11.9. The van der Waals surface area contributed by atoms with Crippen LogP contribution in [0.1, 0.15) is 16.8 Å². The van der Waals surface area contributed by atoms with Crippen LogP contribution >= 0.6 is 0 Å². The third-order valence-electron chi connectivity index (χ3n) is 3.33. The predicted octanol–water partition coefficient (Wildman–Crippen LogP) is 1.04. The molecule has 0 amide bonds. The van der Waals surface area contributed by atoms with Gasteiger partial charge in [-0.2, -0.15) is 0 Å². The molecule has 0 bridgehead atoms. The number of Topliss-reactive ketones (excluding diaryl/α,β-unsaturated/α-hetero) is 1. The number of ether oxygens (including phenoxy) is 1. The van der Waals surface area contributed by atoms with E-state index in [2.05, 4.69) is 10.3 Å². The van der Waals surface area contributed by atoms with Gasteiger partial charge in [0.1, 0.15) is 11.5 Å². The molecule has 1 aromatic rings. The van der Waals surface area contributed by atoms with Gasteiger partial charge in [-0.15, -0.1) is 0 Å². The highest BCUT2D eigenvalue weighted by molar-refractivity contribution is 5.84. The number of ketones is 1. The summed E-state index contributed by atoms with van der Waals surface area (Å²) in [5.41, 5.74) is 2.82. The lowest BCUT2D eigenvalue weighted by molar-refractivity contribution is -0.123. The van der Waals surface area contributed by atoms with Gasteiger partial charge in [-0.3, -0.25) is 9.78 Å². The fraction of sp³-hybridized carbons (Fsp3) is 0.538. The summed E-state index contributed by atoms with van der Waals surface area (Å²) in [7, 11) is 1.65. The van der Waals surface area contributed by atoms with Gasteiger partial charge in [0.25, 0.3) is 0 Å². The van der Waals surface area contributed by atoms with E-state index in [1.807, 2.05) is 13.8 Å². The van der Waals surface area contributed by atoms with Crippen LogP contribution in [0.2, 0.25) is 0 Å². The van der Waals surface area contributed by atoms with E-state index in [0.717, 1.165) is 35.7 Å². The van der Waals surface area contributed by atoms with Crippen LogP contribution in [0, 0.1) is 19.8 Å². The van der Waals surface area contributed by atoms with Crippen molar-refractivity contribution >= 4 is 5.78 Å². The zero-order valence-corrected chi connectivity index (χ0v) is 10.5. The van der Waals surface area contributed by atoms with Crippen molar-refractivity contribution in [3.05, 3.63) is 23.0 Å². The van der Waals surface area contributed by atoms with Crippen LogP contribution in [0.4, 0.5) is 0 Å². The minimum atomic E-state index is 0.170. The van der Waals surface area contributed by atoms with E-state index in [4.69, 9.17) is 4.74 Å². The van der Waals surface area contributed by atoms with E-state index in [-0.39, 0.29) is 11.7 Å². The highest BCUT2D eigenvalue weighted by atomic mass is 16.5. The Bertz CT molecular complexity index is 439. The topological polar surface area (TPSA) is 51.2 Å². The van der Waals surface area contributed by atoms with Crippen molar-refractivity contribution in [3.63, 3.8) is 0 Å². The molecule has 1 N–H and O–H groups in total. The van der Waals surface area contributed by atoms with Crippen molar-refractivity contribution in [2.45, 2.75) is 20.3 Å². The molecule has 0 radical (unpaired) electrons. The maximum atomic E-state index is 11.9. The fourth-order valence-corrected chi connectivity index (χ4v) is 2.08. The summed E-state index contributed by atoms with van der Waals surface area (Å²) >= 11 is 0. The predicted molar refractivity (Wildman–Crippen MR) is 65.3 cm³/mol. The molecule has 0 aliphatic carbocycles. The van der Waals surface area contributed by atoms with Crippen molar-refractivity contribution in [1.82, 2.24) is 10.3 Å². The maximum Gasteiger partial charge on any atom is 0.144 e. The number of carbonyl (C=O) groups excluding carboxylic acids is 1. The molecule has 4 heteroatoms. The molecule has 0 unspecified atom stereocenters.